The largest absolute Gasteiger partial charge is 0.355 e. The maximum atomic E-state index is 4.51. The number of para-hydroxylation sites is 1. The van der Waals surface area contributed by atoms with Crippen molar-refractivity contribution in [3.63, 3.8) is 0 Å². The highest BCUT2D eigenvalue weighted by Crippen LogP contribution is 2.23. The maximum Gasteiger partial charge on any atom is 0.139 e. The van der Waals surface area contributed by atoms with Crippen LogP contribution >= 0.6 is 0 Å². The van der Waals surface area contributed by atoms with Gasteiger partial charge in [0.1, 0.15) is 12.1 Å². The number of hydrogen-bond acceptors (Lipinski definition) is 4. The van der Waals surface area contributed by atoms with E-state index in [-0.39, 0.29) is 0 Å². The molecule has 1 N–H and O–H groups in total. The molecule has 4 heteroatoms. The Morgan fingerprint density at radius 3 is 3.00 bits per heavy atom. The predicted molar refractivity (Wildman–Crippen MR) is 78.4 cm³/mol. The fourth-order valence-electron chi connectivity index (χ4n) is 2.79. The van der Waals surface area contributed by atoms with Gasteiger partial charge in [0, 0.05) is 24.5 Å². The SMILES string of the molecule is CCN(CC1CCCN1)c1ncnc2ccccc12. The molecule has 1 saturated heterocycles. The second kappa shape index (κ2) is 5.53. The number of rotatable bonds is 4. The van der Waals surface area contributed by atoms with Gasteiger partial charge in [0.15, 0.2) is 0 Å². The van der Waals surface area contributed by atoms with E-state index in [1.165, 1.54) is 12.8 Å². The quantitative estimate of drug-likeness (QED) is 0.910. The van der Waals surface area contributed by atoms with Gasteiger partial charge in [0.05, 0.1) is 5.52 Å². The zero-order valence-electron chi connectivity index (χ0n) is 11.3. The van der Waals surface area contributed by atoms with Crippen LogP contribution in [0, 0.1) is 0 Å². The molecular formula is C15H20N4. The molecule has 1 fully saturated rings. The minimum absolute atomic E-state index is 0.591. The monoisotopic (exact) mass is 256 g/mol. The normalized spacial score (nSPS) is 18.9. The number of nitrogens with zero attached hydrogens (tertiary/aromatic N) is 3. The first kappa shape index (κ1) is 12.4. The van der Waals surface area contributed by atoms with Crippen molar-refractivity contribution < 1.29 is 0 Å². The van der Waals surface area contributed by atoms with Crippen molar-refractivity contribution in [2.75, 3.05) is 24.5 Å². The lowest BCUT2D eigenvalue weighted by Gasteiger charge is -2.26. The van der Waals surface area contributed by atoms with Gasteiger partial charge in [-0.15, -0.1) is 0 Å². The smallest absolute Gasteiger partial charge is 0.139 e. The molecule has 1 aliphatic rings. The summed E-state index contributed by atoms with van der Waals surface area (Å²) >= 11 is 0. The molecule has 4 nitrogen and oxygen atoms in total. The van der Waals surface area contributed by atoms with Crippen molar-refractivity contribution in [1.29, 1.82) is 0 Å². The minimum Gasteiger partial charge on any atom is -0.355 e. The van der Waals surface area contributed by atoms with Crippen molar-refractivity contribution in [1.82, 2.24) is 15.3 Å². The van der Waals surface area contributed by atoms with Crippen molar-refractivity contribution in [3.05, 3.63) is 30.6 Å². The Hall–Kier alpha value is -1.68. The van der Waals surface area contributed by atoms with Crippen LogP contribution in [0.2, 0.25) is 0 Å². The van der Waals surface area contributed by atoms with Crippen molar-refractivity contribution in [2.45, 2.75) is 25.8 Å². The molecule has 0 saturated carbocycles. The Labute approximate surface area is 113 Å². The standard InChI is InChI=1S/C15H20N4/c1-2-19(10-12-6-5-9-16-12)15-13-7-3-4-8-14(13)17-11-18-15/h3-4,7-8,11-12,16H,2,5-6,9-10H2,1H3. The van der Waals surface area contributed by atoms with Crippen LogP contribution in [0.4, 0.5) is 5.82 Å². The van der Waals surface area contributed by atoms with Crippen LogP contribution in [-0.4, -0.2) is 35.6 Å². The molecule has 0 radical (unpaired) electrons. The molecule has 100 valence electrons. The van der Waals surface area contributed by atoms with E-state index in [1.807, 2.05) is 12.1 Å². The maximum absolute atomic E-state index is 4.51. The predicted octanol–water partition coefficient (Wildman–Crippen LogP) is 2.21. The van der Waals surface area contributed by atoms with Crippen molar-refractivity contribution in [2.24, 2.45) is 0 Å². The van der Waals surface area contributed by atoms with Gasteiger partial charge in [-0.05, 0) is 38.4 Å². The summed E-state index contributed by atoms with van der Waals surface area (Å²) < 4.78 is 0. The number of benzene rings is 1. The molecule has 1 atom stereocenters. The topological polar surface area (TPSA) is 41.0 Å². The third kappa shape index (κ3) is 2.54. The van der Waals surface area contributed by atoms with Crippen molar-refractivity contribution >= 4 is 16.7 Å². The number of likely N-dealkylation sites (N-methyl/N-ethyl adjacent to an activating group) is 1. The number of nitrogens with one attached hydrogen (secondary N) is 1. The summed E-state index contributed by atoms with van der Waals surface area (Å²) in [6.07, 6.45) is 4.22. The zero-order chi connectivity index (χ0) is 13.1. The summed E-state index contributed by atoms with van der Waals surface area (Å²) in [5, 5.41) is 4.70. The molecule has 2 aromatic rings. The first-order valence-corrected chi connectivity index (χ1v) is 7.06. The number of aromatic nitrogens is 2. The van der Waals surface area contributed by atoms with Gasteiger partial charge in [-0.1, -0.05) is 12.1 Å². The van der Waals surface area contributed by atoms with Crippen LogP contribution in [0.5, 0.6) is 0 Å². The van der Waals surface area contributed by atoms with Crippen molar-refractivity contribution in [3.8, 4) is 0 Å². The highest BCUT2D eigenvalue weighted by molar-refractivity contribution is 5.89. The summed E-state index contributed by atoms with van der Waals surface area (Å²) in [7, 11) is 0. The molecule has 1 unspecified atom stereocenters. The Balaban J connectivity index is 1.91. The molecule has 19 heavy (non-hydrogen) atoms. The second-order valence-electron chi connectivity index (χ2n) is 5.05. The molecule has 0 aliphatic carbocycles. The lowest BCUT2D eigenvalue weighted by atomic mass is 10.2. The molecule has 0 spiro atoms. The first-order valence-electron chi connectivity index (χ1n) is 7.06. The van der Waals surface area contributed by atoms with Gasteiger partial charge in [-0.2, -0.15) is 0 Å². The van der Waals surface area contributed by atoms with E-state index in [9.17, 15) is 0 Å². The van der Waals surface area contributed by atoms with E-state index < -0.39 is 0 Å². The Kier molecular flexibility index (Phi) is 3.60. The Bertz CT molecular complexity index is 543. The molecule has 0 amide bonds. The van der Waals surface area contributed by atoms with Gasteiger partial charge in [0.2, 0.25) is 0 Å². The highest BCUT2D eigenvalue weighted by Gasteiger charge is 2.19. The summed E-state index contributed by atoms with van der Waals surface area (Å²) in [6.45, 7) is 5.33. The minimum atomic E-state index is 0.591. The fraction of sp³-hybridized carbons (Fsp3) is 0.467. The second-order valence-corrected chi connectivity index (χ2v) is 5.05. The van der Waals surface area contributed by atoms with E-state index in [0.29, 0.717) is 6.04 Å². The van der Waals surface area contributed by atoms with Crippen LogP contribution in [0.15, 0.2) is 30.6 Å². The number of fused-ring (bicyclic) bond motifs is 1. The van der Waals surface area contributed by atoms with Crippen LogP contribution in [0.25, 0.3) is 10.9 Å². The van der Waals surface area contributed by atoms with Gasteiger partial charge < -0.3 is 10.2 Å². The summed E-state index contributed by atoms with van der Waals surface area (Å²) in [5.74, 6) is 1.06. The van der Waals surface area contributed by atoms with E-state index >= 15 is 0 Å². The molecule has 1 aromatic heterocycles. The van der Waals surface area contributed by atoms with Crippen LogP contribution in [-0.2, 0) is 0 Å². The van der Waals surface area contributed by atoms with Gasteiger partial charge in [0.25, 0.3) is 0 Å². The first-order chi connectivity index (χ1) is 9.38. The lowest BCUT2D eigenvalue weighted by Crippen LogP contribution is -2.38. The summed E-state index contributed by atoms with van der Waals surface area (Å²) in [5.41, 5.74) is 1.02. The summed E-state index contributed by atoms with van der Waals surface area (Å²) in [6, 6.07) is 8.82. The number of anilines is 1. The molecule has 1 aliphatic heterocycles. The van der Waals surface area contributed by atoms with Crippen LogP contribution in [0.1, 0.15) is 19.8 Å². The van der Waals surface area contributed by atoms with Crippen LogP contribution < -0.4 is 10.2 Å². The zero-order valence-corrected chi connectivity index (χ0v) is 11.3. The van der Waals surface area contributed by atoms with E-state index in [2.05, 4.69) is 39.2 Å². The fourth-order valence-corrected chi connectivity index (χ4v) is 2.79. The average Bonchev–Trinajstić information content (AvgIpc) is 2.97. The lowest BCUT2D eigenvalue weighted by molar-refractivity contribution is 0.584. The van der Waals surface area contributed by atoms with E-state index in [4.69, 9.17) is 0 Å². The van der Waals surface area contributed by atoms with Gasteiger partial charge in [-0.25, -0.2) is 9.97 Å². The van der Waals surface area contributed by atoms with E-state index in [0.717, 1.165) is 36.4 Å². The molecule has 0 bridgehead atoms. The average molecular weight is 256 g/mol. The van der Waals surface area contributed by atoms with E-state index in [1.54, 1.807) is 6.33 Å². The Morgan fingerprint density at radius 1 is 1.32 bits per heavy atom. The molecule has 1 aromatic carbocycles. The van der Waals surface area contributed by atoms with Gasteiger partial charge in [-0.3, -0.25) is 0 Å². The molecular weight excluding hydrogens is 236 g/mol. The molecule has 3 rings (SSSR count). The van der Waals surface area contributed by atoms with Gasteiger partial charge >= 0.3 is 0 Å². The highest BCUT2D eigenvalue weighted by atomic mass is 15.2. The molecule has 2 heterocycles. The summed E-state index contributed by atoms with van der Waals surface area (Å²) in [4.78, 5) is 11.2. The Morgan fingerprint density at radius 2 is 2.21 bits per heavy atom. The third-order valence-corrected chi connectivity index (χ3v) is 3.81. The third-order valence-electron chi connectivity index (χ3n) is 3.81. The van der Waals surface area contributed by atoms with Crippen LogP contribution in [0.3, 0.4) is 0 Å². The number of hydrogen-bond donors (Lipinski definition) is 1.